The molecule has 0 saturated carbocycles. The Morgan fingerprint density at radius 3 is 2.93 bits per heavy atom. The first-order chi connectivity index (χ1) is 6.50. The minimum atomic E-state index is -0.520. The summed E-state index contributed by atoms with van der Waals surface area (Å²) in [5, 5.41) is 13.7. The molecule has 0 radical (unpaired) electrons. The van der Waals surface area contributed by atoms with Crippen LogP contribution in [-0.2, 0) is 0 Å². The quantitative estimate of drug-likeness (QED) is 0.494. The molecule has 76 valence electrons. The predicted octanol–water partition coefficient (Wildman–Crippen LogP) is 2.28. The van der Waals surface area contributed by atoms with Crippen LogP contribution in [0.3, 0.4) is 0 Å². The molecule has 0 aliphatic carbocycles. The molecule has 0 bridgehead atoms. The van der Waals surface area contributed by atoms with Gasteiger partial charge in [0.05, 0.1) is 9.95 Å². The van der Waals surface area contributed by atoms with Crippen LogP contribution in [0.4, 0.5) is 11.5 Å². The summed E-state index contributed by atoms with van der Waals surface area (Å²) in [6.45, 7) is 1.84. The normalized spacial score (nSPS) is 12.2. The summed E-state index contributed by atoms with van der Waals surface area (Å²) in [5.41, 5.74) is -0.119. The highest BCUT2D eigenvalue weighted by atomic mass is 35.5. The second-order valence-electron chi connectivity index (χ2n) is 2.71. The van der Waals surface area contributed by atoms with Crippen LogP contribution in [0.1, 0.15) is 6.92 Å². The van der Waals surface area contributed by atoms with E-state index in [1.807, 2.05) is 6.92 Å². The molecule has 0 aliphatic rings. The Labute approximate surface area is 88.2 Å². The Morgan fingerprint density at radius 1 is 1.79 bits per heavy atom. The van der Waals surface area contributed by atoms with Gasteiger partial charge in [0, 0.05) is 18.0 Å². The molecule has 14 heavy (non-hydrogen) atoms. The maximum atomic E-state index is 10.6. The summed E-state index contributed by atoms with van der Waals surface area (Å²) >= 11 is 5.60. The number of anilines is 1. The first-order valence-electron chi connectivity index (χ1n) is 3.82. The van der Waals surface area contributed by atoms with Crippen LogP contribution >= 0.6 is 20.8 Å². The number of nitrogens with one attached hydrogen (secondary N) is 1. The number of rotatable bonds is 3. The van der Waals surface area contributed by atoms with Crippen LogP contribution in [0.15, 0.2) is 12.3 Å². The van der Waals surface area contributed by atoms with Crippen molar-refractivity contribution in [3.63, 3.8) is 0 Å². The highest BCUT2D eigenvalue weighted by Crippen LogP contribution is 2.25. The molecule has 1 N–H and O–H groups in total. The van der Waals surface area contributed by atoms with E-state index in [0.717, 1.165) is 0 Å². The molecule has 2 atom stereocenters. The predicted molar refractivity (Wildman–Crippen MR) is 58.7 cm³/mol. The Bertz CT molecular complexity index is 359. The zero-order chi connectivity index (χ0) is 10.7. The van der Waals surface area contributed by atoms with Crippen molar-refractivity contribution in [1.82, 2.24) is 4.98 Å². The lowest BCUT2D eigenvalue weighted by atomic mass is 10.4. The van der Waals surface area contributed by atoms with Gasteiger partial charge in [-0.05, 0) is 6.92 Å². The molecule has 1 rings (SSSR count). The van der Waals surface area contributed by atoms with E-state index in [9.17, 15) is 10.1 Å². The third-order valence-corrected chi connectivity index (χ3v) is 1.77. The van der Waals surface area contributed by atoms with E-state index in [0.29, 0.717) is 0 Å². The topological polar surface area (TPSA) is 68.1 Å². The van der Waals surface area contributed by atoms with Crippen LogP contribution < -0.4 is 5.32 Å². The number of hydrogen-bond acceptors (Lipinski definition) is 4. The van der Waals surface area contributed by atoms with Crippen molar-refractivity contribution in [2.45, 2.75) is 12.7 Å². The second kappa shape index (κ2) is 4.53. The summed E-state index contributed by atoms with van der Waals surface area (Å²) in [6.07, 6.45) is 1.37. The van der Waals surface area contributed by atoms with Crippen molar-refractivity contribution in [3.05, 3.63) is 27.4 Å². The molecule has 2 unspecified atom stereocenters. The van der Waals surface area contributed by atoms with Gasteiger partial charge in [0.2, 0.25) is 5.82 Å². The fraction of sp³-hybridized carbons (Fsp3) is 0.286. The zero-order valence-electron chi connectivity index (χ0n) is 7.40. The van der Waals surface area contributed by atoms with E-state index < -0.39 is 4.92 Å². The first-order valence-corrected chi connectivity index (χ1v) is 4.87. The van der Waals surface area contributed by atoms with E-state index in [1.165, 1.54) is 12.3 Å². The molecular formula is C7H9ClN3O2P. The fourth-order valence-electron chi connectivity index (χ4n) is 0.895. The third kappa shape index (κ3) is 2.79. The highest BCUT2D eigenvalue weighted by Gasteiger charge is 2.16. The fourth-order valence-corrected chi connectivity index (χ4v) is 1.20. The van der Waals surface area contributed by atoms with E-state index in [4.69, 9.17) is 11.6 Å². The van der Waals surface area contributed by atoms with Gasteiger partial charge in [0.1, 0.15) is 0 Å². The van der Waals surface area contributed by atoms with Crippen molar-refractivity contribution in [1.29, 1.82) is 0 Å². The lowest BCUT2D eigenvalue weighted by Gasteiger charge is -2.08. The summed E-state index contributed by atoms with van der Waals surface area (Å²) in [4.78, 5) is 13.9. The number of halogens is 1. The van der Waals surface area contributed by atoms with Crippen LogP contribution in [0.2, 0.25) is 5.02 Å². The van der Waals surface area contributed by atoms with E-state index in [2.05, 4.69) is 19.5 Å². The van der Waals surface area contributed by atoms with Gasteiger partial charge in [-0.25, -0.2) is 4.98 Å². The first kappa shape index (κ1) is 11.1. The lowest BCUT2D eigenvalue weighted by molar-refractivity contribution is -0.384. The molecule has 1 heterocycles. The number of hydrogen-bond donors (Lipinski definition) is 1. The maximum Gasteiger partial charge on any atom is 0.312 e. The van der Waals surface area contributed by atoms with Crippen molar-refractivity contribution >= 4 is 32.3 Å². The SMILES string of the molecule is CC(P)Nc1ncc(Cl)cc1[N+](=O)[O-]. The van der Waals surface area contributed by atoms with E-state index >= 15 is 0 Å². The Morgan fingerprint density at radius 2 is 2.43 bits per heavy atom. The van der Waals surface area contributed by atoms with Crippen molar-refractivity contribution < 1.29 is 4.92 Å². The van der Waals surface area contributed by atoms with Gasteiger partial charge in [0.15, 0.2) is 0 Å². The molecule has 0 aliphatic heterocycles. The van der Waals surface area contributed by atoms with Gasteiger partial charge in [-0.2, -0.15) is 0 Å². The minimum Gasteiger partial charge on any atom is -0.359 e. The van der Waals surface area contributed by atoms with Crippen LogP contribution in [0.5, 0.6) is 0 Å². The van der Waals surface area contributed by atoms with Crippen molar-refractivity contribution in [3.8, 4) is 0 Å². The van der Waals surface area contributed by atoms with Gasteiger partial charge >= 0.3 is 5.69 Å². The van der Waals surface area contributed by atoms with Gasteiger partial charge in [0.25, 0.3) is 0 Å². The van der Waals surface area contributed by atoms with Gasteiger partial charge in [-0.3, -0.25) is 10.1 Å². The monoisotopic (exact) mass is 233 g/mol. The molecule has 0 saturated heterocycles. The van der Waals surface area contributed by atoms with Gasteiger partial charge in [-0.1, -0.05) is 11.6 Å². The van der Waals surface area contributed by atoms with Crippen LogP contribution in [0, 0.1) is 10.1 Å². The molecule has 5 nitrogen and oxygen atoms in total. The number of aromatic nitrogens is 1. The summed E-state index contributed by atoms with van der Waals surface area (Å²) in [7, 11) is 2.47. The standard InChI is InChI=1S/C7H9ClN3O2P/c1-4(14)10-7-6(11(12)13)2-5(8)3-9-7/h2-4H,14H2,1H3,(H,9,10). The molecular weight excluding hydrogens is 225 g/mol. The van der Waals surface area contributed by atoms with Gasteiger partial charge in [-0.15, -0.1) is 9.24 Å². The molecule has 1 aromatic rings. The third-order valence-electron chi connectivity index (χ3n) is 1.40. The Kier molecular flexibility index (Phi) is 3.61. The summed E-state index contributed by atoms with van der Waals surface area (Å²) < 4.78 is 0. The molecule has 0 fully saturated rings. The van der Waals surface area contributed by atoms with Crippen molar-refractivity contribution in [2.24, 2.45) is 0 Å². The maximum absolute atomic E-state index is 10.6. The number of nitro groups is 1. The van der Waals surface area contributed by atoms with Crippen LogP contribution in [-0.4, -0.2) is 15.7 Å². The lowest BCUT2D eigenvalue weighted by Crippen LogP contribution is -2.09. The molecule has 0 spiro atoms. The smallest absolute Gasteiger partial charge is 0.312 e. The molecule has 0 amide bonds. The largest absolute Gasteiger partial charge is 0.359 e. The van der Waals surface area contributed by atoms with Gasteiger partial charge < -0.3 is 5.32 Å². The Balaban J connectivity index is 3.08. The summed E-state index contributed by atoms with van der Waals surface area (Å²) in [6, 6.07) is 1.27. The molecule has 1 aromatic heterocycles. The molecule has 7 heteroatoms. The highest BCUT2D eigenvalue weighted by molar-refractivity contribution is 7.17. The number of pyridine rings is 1. The number of nitrogens with zero attached hydrogens (tertiary/aromatic N) is 2. The van der Waals surface area contributed by atoms with Crippen molar-refractivity contribution in [2.75, 3.05) is 5.32 Å². The minimum absolute atomic E-state index is 0.00220. The average Bonchev–Trinajstić information content (AvgIpc) is 2.07. The van der Waals surface area contributed by atoms with E-state index in [1.54, 1.807) is 0 Å². The average molecular weight is 234 g/mol. The zero-order valence-corrected chi connectivity index (χ0v) is 9.31. The summed E-state index contributed by atoms with van der Waals surface area (Å²) in [5.74, 6) is 0.226. The van der Waals surface area contributed by atoms with E-state index in [-0.39, 0.29) is 22.3 Å². The molecule has 0 aromatic carbocycles. The second-order valence-corrected chi connectivity index (χ2v) is 4.15. The van der Waals surface area contributed by atoms with Crippen LogP contribution in [0.25, 0.3) is 0 Å². The Hall–Kier alpha value is -0.930.